The van der Waals surface area contributed by atoms with Gasteiger partial charge in [0.1, 0.15) is 12.8 Å². The number of carbonyl (C=O) groups is 1. The molecule has 0 aromatic heterocycles. The molecule has 1 aliphatic carbocycles. The zero-order chi connectivity index (χ0) is 11.4. The lowest BCUT2D eigenvalue weighted by Gasteiger charge is -2.34. The average molecular weight is 227 g/mol. The number of carbonyl (C=O) groups excluding carboxylic acids is 1. The van der Waals surface area contributed by atoms with Gasteiger partial charge >= 0.3 is 0 Å². The van der Waals surface area contributed by atoms with E-state index in [1.54, 1.807) is 4.90 Å². The van der Waals surface area contributed by atoms with Gasteiger partial charge in [0.25, 0.3) is 0 Å². The fraction of sp³-hybridized carbons (Fsp3) is 0.750. The van der Waals surface area contributed by atoms with Gasteiger partial charge in [-0.1, -0.05) is 12.2 Å². The average Bonchev–Trinajstić information content (AvgIpc) is 2.39. The summed E-state index contributed by atoms with van der Waals surface area (Å²) >= 11 is 0. The van der Waals surface area contributed by atoms with E-state index < -0.39 is 12.8 Å². The van der Waals surface area contributed by atoms with Crippen molar-refractivity contribution < 1.29 is 13.9 Å². The Labute approximate surface area is 95.3 Å². The van der Waals surface area contributed by atoms with E-state index in [0.29, 0.717) is 19.7 Å². The molecule has 0 N–H and O–H groups in total. The zero-order valence-corrected chi connectivity index (χ0v) is 9.40. The van der Waals surface area contributed by atoms with Gasteiger partial charge in [0.15, 0.2) is 0 Å². The van der Waals surface area contributed by atoms with Crippen LogP contribution in [0.2, 0.25) is 0 Å². The van der Waals surface area contributed by atoms with Crippen molar-refractivity contribution in [3.8, 4) is 0 Å². The maximum Gasteiger partial charge on any atom is 0.226 e. The molecule has 0 aromatic carbocycles. The molecule has 1 aliphatic heterocycles. The van der Waals surface area contributed by atoms with Crippen molar-refractivity contribution in [2.75, 3.05) is 26.4 Å². The van der Waals surface area contributed by atoms with Gasteiger partial charge in [-0.05, 0) is 19.3 Å². The number of rotatable bonds is 2. The quantitative estimate of drug-likeness (QED) is 0.670. The number of halogens is 1. The summed E-state index contributed by atoms with van der Waals surface area (Å²) in [6, 6.07) is 0. The normalized spacial score (nSPS) is 30.4. The van der Waals surface area contributed by atoms with E-state index in [1.807, 2.05) is 0 Å². The lowest BCUT2D eigenvalue weighted by Crippen LogP contribution is -2.48. The molecular weight excluding hydrogens is 209 g/mol. The summed E-state index contributed by atoms with van der Waals surface area (Å²) in [4.78, 5) is 13.9. The molecule has 1 fully saturated rings. The molecule has 4 heteroatoms. The number of ether oxygens (including phenoxy) is 1. The minimum atomic E-state index is -0.506. The van der Waals surface area contributed by atoms with Crippen molar-refractivity contribution in [3.63, 3.8) is 0 Å². The third-order valence-electron chi connectivity index (χ3n) is 3.24. The number of hydrogen-bond acceptors (Lipinski definition) is 2. The first kappa shape index (κ1) is 11.6. The zero-order valence-electron chi connectivity index (χ0n) is 9.40. The van der Waals surface area contributed by atoms with Crippen LogP contribution in [0.1, 0.15) is 19.3 Å². The molecule has 3 nitrogen and oxygen atoms in total. The fourth-order valence-electron chi connectivity index (χ4n) is 2.29. The Hall–Kier alpha value is -0.900. The minimum absolute atomic E-state index is 0.100. The number of hydrogen-bond donors (Lipinski definition) is 0. The van der Waals surface area contributed by atoms with Crippen molar-refractivity contribution in [3.05, 3.63) is 12.2 Å². The van der Waals surface area contributed by atoms with Crippen molar-refractivity contribution in [2.24, 2.45) is 5.92 Å². The van der Waals surface area contributed by atoms with Crippen molar-refractivity contribution in [1.29, 1.82) is 0 Å². The third kappa shape index (κ3) is 2.61. The molecule has 0 spiro atoms. The molecular formula is C12H18FNO2. The van der Waals surface area contributed by atoms with E-state index in [1.165, 1.54) is 0 Å². The Morgan fingerprint density at radius 1 is 1.50 bits per heavy atom. The van der Waals surface area contributed by atoms with E-state index in [4.69, 9.17) is 4.74 Å². The van der Waals surface area contributed by atoms with Gasteiger partial charge in [-0.25, -0.2) is 4.39 Å². The maximum absolute atomic E-state index is 12.5. The second-order valence-electron chi connectivity index (χ2n) is 4.41. The summed E-state index contributed by atoms with van der Waals surface area (Å²) in [6.07, 6.45) is 6.50. The predicted octanol–water partition coefficient (Wildman–Crippen LogP) is 1.54. The predicted molar refractivity (Wildman–Crippen MR) is 58.8 cm³/mol. The highest BCUT2D eigenvalue weighted by molar-refractivity contribution is 5.79. The van der Waals surface area contributed by atoms with E-state index in [-0.39, 0.29) is 11.8 Å². The Morgan fingerprint density at radius 3 is 3.06 bits per heavy atom. The first-order valence-corrected chi connectivity index (χ1v) is 5.92. The van der Waals surface area contributed by atoms with E-state index in [2.05, 4.69) is 12.2 Å². The van der Waals surface area contributed by atoms with Crippen LogP contribution < -0.4 is 0 Å². The Balaban J connectivity index is 1.90. The molecule has 16 heavy (non-hydrogen) atoms. The van der Waals surface area contributed by atoms with Crippen LogP contribution in [-0.2, 0) is 9.53 Å². The van der Waals surface area contributed by atoms with Crippen LogP contribution in [0.5, 0.6) is 0 Å². The lowest BCUT2D eigenvalue weighted by atomic mass is 9.93. The van der Waals surface area contributed by atoms with Gasteiger partial charge in [0, 0.05) is 19.0 Å². The van der Waals surface area contributed by atoms with Crippen molar-refractivity contribution in [1.82, 2.24) is 4.90 Å². The second kappa shape index (κ2) is 5.43. The van der Waals surface area contributed by atoms with Crippen LogP contribution in [0, 0.1) is 5.92 Å². The SMILES string of the molecule is O=C([C@H]1CC=CCC1)N1CCO[C@@H](CF)C1. The summed E-state index contributed by atoms with van der Waals surface area (Å²) in [5.41, 5.74) is 0. The van der Waals surface area contributed by atoms with Crippen LogP contribution in [0.4, 0.5) is 4.39 Å². The van der Waals surface area contributed by atoms with Crippen LogP contribution >= 0.6 is 0 Å². The molecule has 0 aromatic rings. The molecule has 0 unspecified atom stereocenters. The first-order chi connectivity index (χ1) is 7.81. The molecule has 1 saturated heterocycles. The Kier molecular flexibility index (Phi) is 3.93. The summed E-state index contributed by atoms with van der Waals surface area (Å²) in [5, 5.41) is 0. The lowest BCUT2D eigenvalue weighted by molar-refractivity contribution is -0.143. The summed E-state index contributed by atoms with van der Waals surface area (Å²) in [7, 11) is 0. The number of nitrogens with zero attached hydrogens (tertiary/aromatic N) is 1. The number of amides is 1. The molecule has 2 rings (SSSR count). The maximum atomic E-state index is 12.5. The molecule has 1 heterocycles. The smallest absolute Gasteiger partial charge is 0.226 e. The largest absolute Gasteiger partial charge is 0.372 e. The highest BCUT2D eigenvalue weighted by Gasteiger charge is 2.29. The van der Waals surface area contributed by atoms with E-state index >= 15 is 0 Å². The highest BCUT2D eigenvalue weighted by atomic mass is 19.1. The standard InChI is InChI=1S/C12H18FNO2/c13-8-11-9-14(6-7-16-11)12(15)10-4-2-1-3-5-10/h1-2,10-11H,3-9H2/t10-,11-/m0/s1. The fourth-order valence-corrected chi connectivity index (χ4v) is 2.29. The van der Waals surface area contributed by atoms with Gasteiger partial charge in [-0.3, -0.25) is 4.79 Å². The van der Waals surface area contributed by atoms with Gasteiger partial charge in [0.05, 0.1) is 6.61 Å². The van der Waals surface area contributed by atoms with Gasteiger partial charge in [0.2, 0.25) is 5.91 Å². The second-order valence-corrected chi connectivity index (χ2v) is 4.41. The molecule has 2 aliphatic rings. The summed E-state index contributed by atoms with van der Waals surface area (Å²) in [5.74, 6) is 0.273. The van der Waals surface area contributed by atoms with Crippen LogP contribution in [-0.4, -0.2) is 43.3 Å². The number of allylic oxidation sites excluding steroid dienone is 2. The molecule has 0 bridgehead atoms. The molecule has 90 valence electrons. The highest BCUT2D eigenvalue weighted by Crippen LogP contribution is 2.21. The van der Waals surface area contributed by atoms with Crippen LogP contribution in [0.15, 0.2) is 12.2 Å². The molecule has 1 amide bonds. The van der Waals surface area contributed by atoms with Crippen LogP contribution in [0.25, 0.3) is 0 Å². The molecule has 2 atom stereocenters. The van der Waals surface area contributed by atoms with Crippen LogP contribution in [0.3, 0.4) is 0 Å². The monoisotopic (exact) mass is 227 g/mol. The van der Waals surface area contributed by atoms with E-state index in [0.717, 1.165) is 19.3 Å². The summed E-state index contributed by atoms with van der Waals surface area (Å²) in [6.45, 7) is 0.975. The van der Waals surface area contributed by atoms with Gasteiger partial charge in [-0.2, -0.15) is 0 Å². The van der Waals surface area contributed by atoms with Gasteiger partial charge in [-0.15, -0.1) is 0 Å². The van der Waals surface area contributed by atoms with Crippen molar-refractivity contribution in [2.45, 2.75) is 25.4 Å². The van der Waals surface area contributed by atoms with Crippen molar-refractivity contribution >= 4 is 5.91 Å². The Bertz CT molecular complexity index is 280. The molecule has 0 radical (unpaired) electrons. The molecule has 0 saturated carbocycles. The first-order valence-electron chi connectivity index (χ1n) is 5.92. The third-order valence-corrected chi connectivity index (χ3v) is 3.24. The minimum Gasteiger partial charge on any atom is -0.372 e. The summed E-state index contributed by atoms with van der Waals surface area (Å²) < 4.78 is 17.7. The van der Waals surface area contributed by atoms with E-state index in [9.17, 15) is 9.18 Å². The number of alkyl halides is 1. The topological polar surface area (TPSA) is 29.5 Å². The number of morpholine rings is 1. The van der Waals surface area contributed by atoms with Gasteiger partial charge < -0.3 is 9.64 Å². The Morgan fingerprint density at radius 2 is 2.38 bits per heavy atom.